The molecule has 0 atom stereocenters. The molecule has 0 aromatic heterocycles. The summed E-state index contributed by atoms with van der Waals surface area (Å²) in [6.07, 6.45) is 1.30. The fourth-order valence-electron chi connectivity index (χ4n) is 2.34. The highest BCUT2D eigenvalue weighted by molar-refractivity contribution is 6.31. The predicted molar refractivity (Wildman–Crippen MR) is 86.0 cm³/mol. The number of hydrogen-bond acceptors (Lipinski definition) is 4. The second kappa shape index (κ2) is 6.29. The summed E-state index contributed by atoms with van der Waals surface area (Å²) >= 11 is 0. The Labute approximate surface area is 137 Å². The van der Waals surface area contributed by atoms with Crippen molar-refractivity contribution >= 4 is 29.7 Å². The summed E-state index contributed by atoms with van der Waals surface area (Å²) in [6.45, 7) is 0. The van der Waals surface area contributed by atoms with Gasteiger partial charge in [-0.2, -0.15) is 0 Å². The second-order valence-electron chi connectivity index (χ2n) is 5.08. The maximum Gasteiger partial charge on any atom is 0.328 e. The van der Waals surface area contributed by atoms with E-state index in [-0.39, 0.29) is 11.4 Å². The Morgan fingerprint density at radius 1 is 0.792 bits per heavy atom. The van der Waals surface area contributed by atoms with Gasteiger partial charge in [-0.1, -0.05) is 54.6 Å². The molecular formula is C18H12N2O4. The van der Waals surface area contributed by atoms with Crippen molar-refractivity contribution in [2.45, 2.75) is 0 Å². The van der Waals surface area contributed by atoms with Crippen LogP contribution < -0.4 is 10.6 Å². The molecule has 1 aliphatic rings. The molecule has 6 nitrogen and oxygen atoms in total. The number of carbonyl (C=O) groups excluding carboxylic acids is 4. The summed E-state index contributed by atoms with van der Waals surface area (Å²) in [5, 5.41) is 3.99. The van der Waals surface area contributed by atoms with Gasteiger partial charge in [-0.05, 0) is 11.6 Å². The standard InChI is InChI=1S/C18H12N2O4/c21-15(11-6-2-1-3-7-11)13-9-5-4-8-12(13)10-14-16(22)19-18(24)20-17(14)23/h1-10H,(H2,19,20,22,23,24). The van der Waals surface area contributed by atoms with Crippen LogP contribution in [0.2, 0.25) is 0 Å². The summed E-state index contributed by atoms with van der Waals surface area (Å²) in [5.74, 6) is -1.83. The number of hydrogen-bond donors (Lipinski definition) is 2. The normalized spacial score (nSPS) is 14.0. The summed E-state index contributed by atoms with van der Waals surface area (Å²) < 4.78 is 0. The smallest absolute Gasteiger partial charge is 0.289 e. The number of imide groups is 2. The van der Waals surface area contributed by atoms with Gasteiger partial charge in [0.2, 0.25) is 0 Å². The minimum absolute atomic E-state index is 0.226. The van der Waals surface area contributed by atoms with E-state index < -0.39 is 17.8 Å². The van der Waals surface area contributed by atoms with Gasteiger partial charge in [-0.3, -0.25) is 25.0 Å². The molecule has 24 heavy (non-hydrogen) atoms. The van der Waals surface area contributed by atoms with Crippen molar-refractivity contribution in [3.8, 4) is 0 Å². The Morgan fingerprint density at radius 2 is 1.38 bits per heavy atom. The largest absolute Gasteiger partial charge is 0.328 e. The highest BCUT2D eigenvalue weighted by atomic mass is 16.2. The van der Waals surface area contributed by atoms with Crippen molar-refractivity contribution in [3.63, 3.8) is 0 Å². The van der Waals surface area contributed by atoms with Gasteiger partial charge < -0.3 is 0 Å². The third-order valence-corrected chi connectivity index (χ3v) is 3.48. The van der Waals surface area contributed by atoms with Gasteiger partial charge in [0, 0.05) is 11.1 Å². The van der Waals surface area contributed by atoms with Crippen LogP contribution in [0.5, 0.6) is 0 Å². The molecule has 0 spiro atoms. The third kappa shape index (κ3) is 2.98. The first-order valence-electron chi connectivity index (χ1n) is 7.13. The molecule has 0 aliphatic carbocycles. The van der Waals surface area contributed by atoms with Crippen molar-refractivity contribution in [3.05, 3.63) is 76.9 Å². The molecule has 1 heterocycles. The van der Waals surface area contributed by atoms with Crippen LogP contribution in [0.15, 0.2) is 60.2 Å². The van der Waals surface area contributed by atoms with Crippen molar-refractivity contribution in [2.24, 2.45) is 0 Å². The number of nitrogens with one attached hydrogen (secondary N) is 2. The van der Waals surface area contributed by atoms with E-state index in [9.17, 15) is 19.2 Å². The van der Waals surface area contributed by atoms with Crippen molar-refractivity contribution < 1.29 is 19.2 Å². The second-order valence-corrected chi connectivity index (χ2v) is 5.08. The Hall–Kier alpha value is -3.54. The molecule has 3 rings (SSSR count). The zero-order valence-electron chi connectivity index (χ0n) is 12.4. The summed E-state index contributed by atoms with van der Waals surface area (Å²) in [7, 11) is 0. The van der Waals surface area contributed by atoms with Crippen LogP contribution in [0.3, 0.4) is 0 Å². The quantitative estimate of drug-likeness (QED) is 0.511. The number of ketones is 1. The molecule has 4 amide bonds. The van der Waals surface area contributed by atoms with Gasteiger partial charge in [0.05, 0.1) is 0 Å². The Kier molecular flexibility index (Phi) is 4.03. The molecule has 118 valence electrons. The van der Waals surface area contributed by atoms with Crippen molar-refractivity contribution in [1.29, 1.82) is 0 Å². The number of rotatable bonds is 3. The van der Waals surface area contributed by atoms with Gasteiger partial charge >= 0.3 is 6.03 Å². The summed E-state index contributed by atoms with van der Waals surface area (Å²) in [6, 6.07) is 14.4. The predicted octanol–water partition coefficient (Wildman–Crippen LogP) is 1.67. The number of urea groups is 1. The third-order valence-electron chi connectivity index (χ3n) is 3.48. The zero-order valence-corrected chi connectivity index (χ0v) is 12.4. The minimum Gasteiger partial charge on any atom is -0.289 e. The highest BCUT2D eigenvalue weighted by Gasteiger charge is 2.28. The molecule has 1 saturated heterocycles. The number of amides is 4. The van der Waals surface area contributed by atoms with E-state index in [0.717, 1.165) is 0 Å². The Morgan fingerprint density at radius 3 is 2.04 bits per heavy atom. The maximum atomic E-state index is 12.6. The average Bonchev–Trinajstić information content (AvgIpc) is 2.58. The monoisotopic (exact) mass is 320 g/mol. The van der Waals surface area contributed by atoms with Gasteiger partial charge in [0.1, 0.15) is 5.57 Å². The fraction of sp³-hybridized carbons (Fsp3) is 0. The number of benzene rings is 2. The Balaban J connectivity index is 2.03. The molecule has 6 heteroatoms. The van der Waals surface area contributed by atoms with E-state index in [0.29, 0.717) is 16.7 Å². The summed E-state index contributed by atoms with van der Waals surface area (Å²) in [4.78, 5) is 47.4. The van der Waals surface area contributed by atoms with Crippen LogP contribution in [0.1, 0.15) is 21.5 Å². The first-order chi connectivity index (χ1) is 11.6. The number of barbiturate groups is 1. The van der Waals surface area contributed by atoms with Crippen LogP contribution in [0, 0.1) is 0 Å². The topological polar surface area (TPSA) is 92.3 Å². The lowest BCUT2D eigenvalue weighted by molar-refractivity contribution is -0.123. The van der Waals surface area contributed by atoms with E-state index in [1.165, 1.54) is 6.08 Å². The van der Waals surface area contributed by atoms with E-state index in [1.54, 1.807) is 54.6 Å². The van der Waals surface area contributed by atoms with Crippen molar-refractivity contribution in [1.82, 2.24) is 10.6 Å². The SMILES string of the molecule is O=C1NC(=O)C(=Cc2ccccc2C(=O)c2ccccc2)C(=O)N1. The zero-order chi connectivity index (χ0) is 17.1. The van der Waals surface area contributed by atoms with E-state index in [1.807, 2.05) is 10.6 Å². The molecule has 0 saturated carbocycles. The average molecular weight is 320 g/mol. The lowest BCUT2D eigenvalue weighted by Gasteiger charge is -2.14. The van der Waals surface area contributed by atoms with Crippen LogP contribution in [-0.4, -0.2) is 23.6 Å². The molecule has 0 radical (unpaired) electrons. The van der Waals surface area contributed by atoms with Gasteiger partial charge in [0.15, 0.2) is 5.78 Å². The molecule has 1 aliphatic heterocycles. The van der Waals surface area contributed by atoms with Crippen LogP contribution in [0.4, 0.5) is 4.79 Å². The molecule has 2 aromatic rings. The van der Waals surface area contributed by atoms with Crippen LogP contribution in [0.25, 0.3) is 6.08 Å². The van der Waals surface area contributed by atoms with Gasteiger partial charge in [0.25, 0.3) is 11.8 Å². The maximum absolute atomic E-state index is 12.6. The van der Waals surface area contributed by atoms with E-state index >= 15 is 0 Å². The minimum atomic E-state index is -0.865. The highest BCUT2D eigenvalue weighted by Crippen LogP contribution is 2.18. The lowest BCUT2D eigenvalue weighted by Crippen LogP contribution is -2.51. The van der Waals surface area contributed by atoms with Crippen LogP contribution in [-0.2, 0) is 9.59 Å². The molecular weight excluding hydrogens is 308 g/mol. The molecule has 0 bridgehead atoms. The summed E-state index contributed by atoms with van der Waals surface area (Å²) in [5.41, 5.74) is 1.04. The molecule has 0 unspecified atom stereocenters. The molecule has 1 fully saturated rings. The van der Waals surface area contributed by atoms with Gasteiger partial charge in [-0.15, -0.1) is 0 Å². The van der Waals surface area contributed by atoms with Gasteiger partial charge in [-0.25, -0.2) is 4.79 Å². The van der Waals surface area contributed by atoms with E-state index in [4.69, 9.17) is 0 Å². The molecule has 2 aromatic carbocycles. The molecule has 2 N–H and O–H groups in total. The first-order valence-corrected chi connectivity index (χ1v) is 7.13. The first kappa shape index (κ1) is 15.4. The van der Waals surface area contributed by atoms with E-state index in [2.05, 4.69) is 0 Å². The van der Waals surface area contributed by atoms with Crippen molar-refractivity contribution in [2.75, 3.05) is 0 Å². The lowest BCUT2D eigenvalue weighted by atomic mass is 9.96. The Bertz CT molecular complexity index is 863. The van der Waals surface area contributed by atoms with Crippen LogP contribution >= 0.6 is 0 Å². The number of carbonyl (C=O) groups is 4. The fourth-order valence-corrected chi connectivity index (χ4v) is 2.34.